The fourth-order valence-corrected chi connectivity index (χ4v) is 2.83. The highest BCUT2D eigenvalue weighted by Crippen LogP contribution is 2.38. The third kappa shape index (κ3) is 2.15. The molecule has 0 aromatic heterocycles. The minimum absolute atomic E-state index is 0.0628. The average Bonchev–Trinajstić information content (AvgIpc) is 2.82. The molecule has 3 rings (SSSR count). The Morgan fingerprint density at radius 1 is 1.11 bits per heavy atom. The molecule has 0 saturated carbocycles. The molecule has 0 radical (unpaired) electrons. The summed E-state index contributed by atoms with van der Waals surface area (Å²) in [4.78, 5) is 0.0745. The van der Waals surface area contributed by atoms with Crippen molar-refractivity contribution in [3.63, 3.8) is 0 Å². The van der Waals surface area contributed by atoms with Crippen LogP contribution in [0.1, 0.15) is 16.0 Å². The number of fused-ring (bicyclic) bond motifs is 1. The van der Waals surface area contributed by atoms with Gasteiger partial charge in [0.05, 0.1) is 4.83 Å². The van der Waals surface area contributed by atoms with Crippen molar-refractivity contribution < 1.29 is 9.13 Å². The van der Waals surface area contributed by atoms with Gasteiger partial charge in [0.1, 0.15) is 17.7 Å². The van der Waals surface area contributed by atoms with Crippen molar-refractivity contribution in [2.24, 2.45) is 0 Å². The van der Waals surface area contributed by atoms with E-state index in [2.05, 4.69) is 22.0 Å². The van der Waals surface area contributed by atoms with E-state index in [9.17, 15) is 4.39 Å². The molecule has 1 aliphatic rings. The lowest BCUT2D eigenvalue weighted by Crippen LogP contribution is -2.19. The van der Waals surface area contributed by atoms with E-state index in [1.54, 1.807) is 12.1 Å². The van der Waals surface area contributed by atoms with Crippen LogP contribution in [0.2, 0.25) is 0 Å². The summed E-state index contributed by atoms with van der Waals surface area (Å²) in [5.74, 6) is 0.739. The Morgan fingerprint density at radius 3 is 2.56 bits per heavy atom. The Morgan fingerprint density at radius 2 is 1.83 bits per heavy atom. The highest BCUT2D eigenvalue weighted by atomic mass is 79.9. The summed E-state index contributed by atoms with van der Waals surface area (Å²) >= 11 is 3.65. The third-order valence-electron chi connectivity index (χ3n) is 3.19. The van der Waals surface area contributed by atoms with Gasteiger partial charge >= 0.3 is 0 Å². The largest absolute Gasteiger partial charge is 0.488 e. The van der Waals surface area contributed by atoms with Gasteiger partial charge in [-0.15, -0.1) is 0 Å². The molecule has 3 heteroatoms. The highest BCUT2D eigenvalue weighted by molar-refractivity contribution is 9.09. The molecule has 2 aromatic carbocycles. The highest BCUT2D eigenvalue weighted by Gasteiger charge is 2.29. The SMILES string of the molecule is Fc1ccc(C(Br)C2Cc3ccccc3O2)cc1. The molecule has 92 valence electrons. The van der Waals surface area contributed by atoms with Crippen LogP contribution in [0, 0.1) is 5.82 Å². The average molecular weight is 307 g/mol. The van der Waals surface area contributed by atoms with E-state index < -0.39 is 0 Å². The van der Waals surface area contributed by atoms with Gasteiger partial charge in [0.2, 0.25) is 0 Å². The Labute approximate surface area is 114 Å². The van der Waals surface area contributed by atoms with Crippen LogP contribution in [0.3, 0.4) is 0 Å². The Hall–Kier alpha value is -1.35. The number of hydrogen-bond donors (Lipinski definition) is 0. The van der Waals surface area contributed by atoms with E-state index in [0.29, 0.717) is 0 Å². The molecule has 0 aliphatic carbocycles. The van der Waals surface area contributed by atoms with Crippen molar-refractivity contribution in [1.82, 2.24) is 0 Å². The number of benzene rings is 2. The zero-order valence-corrected chi connectivity index (χ0v) is 11.2. The fourth-order valence-electron chi connectivity index (χ4n) is 2.23. The number of hydrogen-bond acceptors (Lipinski definition) is 1. The molecular formula is C15H12BrFO. The lowest BCUT2D eigenvalue weighted by atomic mass is 10.0. The van der Waals surface area contributed by atoms with E-state index in [1.807, 2.05) is 18.2 Å². The predicted octanol–water partition coefficient (Wildman–Crippen LogP) is 4.27. The number of rotatable bonds is 2. The summed E-state index contributed by atoms with van der Waals surface area (Å²) < 4.78 is 18.8. The number of para-hydroxylation sites is 1. The first kappa shape index (κ1) is 11.7. The Bertz CT molecular complexity index is 528. The van der Waals surface area contributed by atoms with Crippen LogP contribution in [0.5, 0.6) is 5.75 Å². The van der Waals surface area contributed by atoms with E-state index in [-0.39, 0.29) is 16.7 Å². The molecule has 0 fully saturated rings. The summed E-state index contributed by atoms with van der Waals surface area (Å²) in [6, 6.07) is 14.6. The smallest absolute Gasteiger partial charge is 0.123 e. The second kappa shape index (κ2) is 4.73. The van der Waals surface area contributed by atoms with Crippen LogP contribution in [-0.4, -0.2) is 6.10 Å². The summed E-state index contributed by atoms with van der Waals surface area (Å²) in [6.07, 6.45) is 0.941. The van der Waals surface area contributed by atoms with Crippen molar-refractivity contribution in [1.29, 1.82) is 0 Å². The van der Waals surface area contributed by atoms with Crippen LogP contribution in [0.15, 0.2) is 48.5 Å². The topological polar surface area (TPSA) is 9.23 Å². The Kier molecular flexibility index (Phi) is 3.08. The van der Waals surface area contributed by atoms with Gasteiger partial charge in [-0.05, 0) is 29.3 Å². The fraction of sp³-hybridized carbons (Fsp3) is 0.200. The molecule has 2 aromatic rings. The number of halogens is 2. The van der Waals surface area contributed by atoms with Gasteiger partial charge < -0.3 is 4.74 Å². The van der Waals surface area contributed by atoms with Crippen LogP contribution in [0.4, 0.5) is 4.39 Å². The molecule has 1 aliphatic heterocycles. The molecule has 0 saturated heterocycles. The van der Waals surface area contributed by atoms with Crippen LogP contribution >= 0.6 is 15.9 Å². The normalized spacial score (nSPS) is 19.1. The van der Waals surface area contributed by atoms with Crippen molar-refractivity contribution >= 4 is 15.9 Å². The summed E-state index contributed by atoms with van der Waals surface area (Å²) in [7, 11) is 0. The molecule has 18 heavy (non-hydrogen) atoms. The molecule has 1 heterocycles. The Balaban J connectivity index is 1.80. The van der Waals surface area contributed by atoms with Gasteiger partial charge in [0, 0.05) is 6.42 Å². The molecule has 0 amide bonds. The zero-order valence-electron chi connectivity index (χ0n) is 9.64. The maximum Gasteiger partial charge on any atom is 0.123 e. The standard InChI is InChI=1S/C15H12BrFO/c16-15(10-5-7-12(17)8-6-10)14-9-11-3-1-2-4-13(11)18-14/h1-8,14-15H,9H2. The quantitative estimate of drug-likeness (QED) is 0.753. The first-order chi connectivity index (χ1) is 8.74. The van der Waals surface area contributed by atoms with Gasteiger partial charge in [0.25, 0.3) is 0 Å². The van der Waals surface area contributed by atoms with Gasteiger partial charge in [-0.25, -0.2) is 4.39 Å². The lowest BCUT2D eigenvalue weighted by Gasteiger charge is -2.17. The first-order valence-corrected chi connectivity index (χ1v) is 6.80. The predicted molar refractivity (Wildman–Crippen MR) is 72.6 cm³/mol. The molecule has 1 nitrogen and oxygen atoms in total. The second-order valence-electron chi connectivity index (χ2n) is 4.42. The first-order valence-electron chi connectivity index (χ1n) is 5.88. The molecule has 0 bridgehead atoms. The minimum Gasteiger partial charge on any atom is -0.488 e. The van der Waals surface area contributed by atoms with Gasteiger partial charge in [-0.3, -0.25) is 0 Å². The summed E-state index contributed by atoms with van der Waals surface area (Å²) in [5.41, 5.74) is 2.27. The lowest BCUT2D eigenvalue weighted by molar-refractivity contribution is 0.232. The van der Waals surface area contributed by atoms with Gasteiger partial charge in [-0.1, -0.05) is 46.3 Å². The van der Waals surface area contributed by atoms with E-state index in [1.165, 1.54) is 17.7 Å². The monoisotopic (exact) mass is 306 g/mol. The van der Waals surface area contributed by atoms with E-state index in [0.717, 1.165) is 17.7 Å². The molecule has 0 spiro atoms. The van der Waals surface area contributed by atoms with Crippen LogP contribution in [0.25, 0.3) is 0 Å². The molecule has 2 atom stereocenters. The maximum absolute atomic E-state index is 12.9. The minimum atomic E-state index is -0.214. The zero-order chi connectivity index (χ0) is 12.5. The van der Waals surface area contributed by atoms with Crippen LogP contribution < -0.4 is 4.74 Å². The van der Waals surface area contributed by atoms with Gasteiger partial charge in [-0.2, -0.15) is 0 Å². The third-order valence-corrected chi connectivity index (χ3v) is 4.31. The summed E-state index contributed by atoms with van der Waals surface area (Å²) in [5, 5.41) is 0. The summed E-state index contributed by atoms with van der Waals surface area (Å²) in [6.45, 7) is 0. The number of ether oxygens (including phenoxy) is 1. The van der Waals surface area contributed by atoms with E-state index >= 15 is 0 Å². The van der Waals surface area contributed by atoms with Crippen molar-refractivity contribution in [2.45, 2.75) is 17.4 Å². The molecule has 2 unspecified atom stereocenters. The van der Waals surface area contributed by atoms with Crippen molar-refractivity contribution in [2.75, 3.05) is 0 Å². The van der Waals surface area contributed by atoms with E-state index in [4.69, 9.17) is 4.74 Å². The van der Waals surface area contributed by atoms with Gasteiger partial charge in [0.15, 0.2) is 0 Å². The van der Waals surface area contributed by atoms with Crippen molar-refractivity contribution in [3.8, 4) is 5.75 Å². The number of alkyl halides is 1. The van der Waals surface area contributed by atoms with Crippen LogP contribution in [-0.2, 0) is 6.42 Å². The maximum atomic E-state index is 12.9. The second-order valence-corrected chi connectivity index (χ2v) is 5.41. The molecular weight excluding hydrogens is 295 g/mol. The molecule has 0 N–H and O–H groups in total. The van der Waals surface area contributed by atoms with Crippen molar-refractivity contribution in [3.05, 3.63) is 65.5 Å².